The Morgan fingerprint density at radius 2 is 1.68 bits per heavy atom. The fourth-order valence-corrected chi connectivity index (χ4v) is 2.91. The van der Waals surface area contributed by atoms with Crippen LogP contribution >= 0.6 is 15.9 Å². The lowest BCUT2D eigenvalue weighted by Crippen LogP contribution is -2.27. The van der Waals surface area contributed by atoms with Gasteiger partial charge >= 0.3 is 0 Å². The number of halogens is 1. The lowest BCUT2D eigenvalue weighted by Gasteiger charge is -2.20. The van der Waals surface area contributed by atoms with Crippen LogP contribution in [0.4, 0.5) is 5.69 Å². The van der Waals surface area contributed by atoms with E-state index in [1.807, 2.05) is 41.3 Å². The smallest absolute Gasteiger partial charge is 0.240 e. The summed E-state index contributed by atoms with van der Waals surface area (Å²) in [4.78, 5) is 14.0. The Hall–Kier alpha value is -1.61. The zero-order chi connectivity index (χ0) is 13.2. The summed E-state index contributed by atoms with van der Waals surface area (Å²) in [5, 5.41) is 0. The Bertz CT molecular complexity index is 597. The molecule has 1 aliphatic heterocycles. The summed E-state index contributed by atoms with van der Waals surface area (Å²) in [6, 6.07) is 18.3. The second-order valence-corrected chi connectivity index (χ2v) is 5.73. The first-order valence-corrected chi connectivity index (χ1v) is 7.29. The maximum atomic E-state index is 12.2. The fraction of sp³-hybridized carbons (Fsp3) is 0.188. The van der Waals surface area contributed by atoms with Gasteiger partial charge in [-0.2, -0.15) is 0 Å². The summed E-state index contributed by atoms with van der Waals surface area (Å²) in [6.07, 6.45) is 0.863. The minimum Gasteiger partial charge on any atom is -0.311 e. The Labute approximate surface area is 121 Å². The maximum absolute atomic E-state index is 12.2. The number of para-hydroxylation sites is 1. The van der Waals surface area contributed by atoms with Crippen LogP contribution in [-0.4, -0.2) is 17.3 Å². The van der Waals surface area contributed by atoms with Gasteiger partial charge in [0.05, 0.1) is 10.5 Å². The lowest BCUT2D eigenvalue weighted by atomic mass is 10.0. The molecule has 1 heterocycles. The number of hydrogen-bond acceptors (Lipinski definition) is 1. The van der Waals surface area contributed by atoms with E-state index < -0.39 is 0 Å². The van der Waals surface area contributed by atoms with Crippen LogP contribution in [0, 0.1) is 0 Å². The van der Waals surface area contributed by atoms with Crippen LogP contribution in [0.2, 0.25) is 0 Å². The number of carbonyl (C=O) groups is 1. The van der Waals surface area contributed by atoms with Crippen molar-refractivity contribution in [2.24, 2.45) is 0 Å². The molecule has 2 aromatic rings. The van der Waals surface area contributed by atoms with E-state index in [9.17, 15) is 4.79 Å². The molecule has 1 fully saturated rings. The number of carbonyl (C=O) groups excluding carboxylic acids is 1. The first-order chi connectivity index (χ1) is 9.27. The molecule has 1 atom stereocenters. The largest absolute Gasteiger partial charge is 0.311 e. The van der Waals surface area contributed by atoms with Crippen molar-refractivity contribution in [3.8, 4) is 11.1 Å². The monoisotopic (exact) mass is 315 g/mol. The molecule has 0 aromatic heterocycles. The molecule has 2 nitrogen and oxygen atoms in total. The number of benzene rings is 2. The molecule has 3 rings (SSSR count). The summed E-state index contributed by atoms with van der Waals surface area (Å²) in [5.74, 6) is 0.156. The third kappa shape index (κ3) is 2.30. The van der Waals surface area contributed by atoms with Gasteiger partial charge in [0.25, 0.3) is 0 Å². The van der Waals surface area contributed by atoms with Gasteiger partial charge in [-0.1, -0.05) is 64.5 Å². The van der Waals surface area contributed by atoms with Gasteiger partial charge in [-0.05, 0) is 18.1 Å². The predicted molar refractivity (Wildman–Crippen MR) is 81.6 cm³/mol. The van der Waals surface area contributed by atoms with Crippen molar-refractivity contribution in [2.45, 2.75) is 11.2 Å². The SMILES string of the molecule is O=C1C(Br)CCN1c1ccccc1-c1ccccc1. The number of alkyl halides is 1. The molecule has 0 saturated carbocycles. The van der Waals surface area contributed by atoms with Gasteiger partial charge < -0.3 is 4.90 Å². The van der Waals surface area contributed by atoms with Gasteiger partial charge in [-0.3, -0.25) is 4.79 Å². The summed E-state index contributed by atoms with van der Waals surface area (Å²) in [6.45, 7) is 0.776. The molecule has 0 aliphatic carbocycles. The first kappa shape index (κ1) is 12.4. The Kier molecular flexibility index (Phi) is 3.38. The minimum absolute atomic E-state index is 0.0451. The average Bonchev–Trinajstić information content (AvgIpc) is 2.80. The van der Waals surface area contributed by atoms with Crippen molar-refractivity contribution in [1.29, 1.82) is 0 Å². The lowest BCUT2D eigenvalue weighted by molar-refractivity contribution is -0.116. The second kappa shape index (κ2) is 5.17. The highest BCUT2D eigenvalue weighted by Gasteiger charge is 2.31. The molecule has 1 unspecified atom stereocenters. The molecule has 2 aromatic carbocycles. The third-order valence-corrected chi connectivity index (χ3v) is 4.27. The normalized spacial score (nSPS) is 18.9. The van der Waals surface area contributed by atoms with Crippen molar-refractivity contribution in [1.82, 2.24) is 0 Å². The van der Waals surface area contributed by atoms with Crippen molar-refractivity contribution < 1.29 is 4.79 Å². The fourth-order valence-electron chi connectivity index (χ4n) is 2.46. The summed E-state index contributed by atoms with van der Waals surface area (Å²) >= 11 is 3.43. The highest BCUT2D eigenvalue weighted by Crippen LogP contribution is 2.34. The van der Waals surface area contributed by atoms with Crippen molar-refractivity contribution in [3.63, 3.8) is 0 Å². The van der Waals surface area contributed by atoms with Gasteiger partial charge in [-0.15, -0.1) is 0 Å². The van der Waals surface area contributed by atoms with E-state index in [0.29, 0.717) is 0 Å². The molecule has 1 aliphatic rings. The maximum Gasteiger partial charge on any atom is 0.240 e. The summed E-state index contributed by atoms with van der Waals surface area (Å²) < 4.78 is 0. The van der Waals surface area contributed by atoms with Crippen LogP contribution < -0.4 is 4.90 Å². The molecular formula is C16H14BrNO. The first-order valence-electron chi connectivity index (χ1n) is 6.37. The van der Waals surface area contributed by atoms with Crippen LogP contribution in [0.15, 0.2) is 54.6 Å². The van der Waals surface area contributed by atoms with Gasteiger partial charge in [-0.25, -0.2) is 0 Å². The van der Waals surface area contributed by atoms with Crippen LogP contribution in [0.3, 0.4) is 0 Å². The van der Waals surface area contributed by atoms with Crippen molar-refractivity contribution in [3.05, 3.63) is 54.6 Å². The molecule has 19 heavy (non-hydrogen) atoms. The number of anilines is 1. The van der Waals surface area contributed by atoms with Crippen LogP contribution in [0.1, 0.15) is 6.42 Å². The molecule has 0 radical (unpaired) electrons. The van der Waals surface area contributed by atoms with Gasteiger partial charge in [0.1, 0.15) is 0 Å². The Morgan fingerprint density at radius 3 is 2.37 bits per heavy atom. The molecule has 0 bridgehead atoms. The van der Waals surface area contributed by atoms with E-state index in [1.165, 1.54) is 0 Å². The highest BCUT2D eigenvalue weighted by molar-refractivity contribution is 9.10. The average molecular weight is 316 g/mol. The molecule has 0 N–H and O–H groups in total. The topological polar surface area (TPSA) is 20.3 Å². The molecule has 96 valence electrons. The number of nitrogens with zero attached hydrogens (tertiary/aromatic N) is 1. The van der Waals surface area contributed by atoms with E-state index >= 15 is 0 Å². The standard InChI is InChI=1S/C16H14BrNO/c17-14-10-11-18(16(14)19)15-9-5-4-8-13(15)12-6-2-1-3-7-12/h1-9,14H,10-11H2. The quantitative estimate of drug-likeness (QED) is 0.771. The van der Waals surface area contributed by atoms with E-state index in [1.54, 1.807) is 0 Å². The number of hydrogen-bond donors (Lipinski definition) is 0. The molecule has 1 amide bonds. The number of amides is 1. The van der Waals surface area contributed by atoms with Crippen LogP contribution in [-0.2, 0) is 4.79 Å². The van der Waals surface area contributed by atoms with Gasteiger partial charge in [0.15, 0.2) is 0 Å². The van der Waals surface area contributed by atoms with Crippen molar-refractivity contribution in [2.75, 3.05) is 11.4 Å². The van der Waals surface area contributed by atoms with E-state index in [-0.39, 0.29) is 10.7 Å². The molecule has 0 spiro atoms. The van der Waals surface area contributed by atoms with Crippen LogP contribution in [0.25, 0.3) is 11.1 Å². The van der Waals surface area contributed by atoms with Crippen LogP contribution in [0.5, 0.6) is 0 Å². The van der Waals surface area contributed by atoms with E-state index in [4.69, 9.17) is 0 Å². The number of rotatable bonds is 2. The zero-order valence-corrected chi connectivity index (χ0v) is 12.0. The summed E-state index contributed by atoms with van der Waals surface area (Å²) in [5.41, 5.74) is 3.25. The van der Waals surface area contributed by atoms with Gasteiger partial charge in [0, 0.05) is 12.1 Å². The molecule has 1 saturated heterocycles. The summed E-state index contributed by atoms with van der Waals surface area (Å²) in [7, 11) is 0. The van der Waals surface area contributed by atoms with E-state index in [0.717, 1.165) is 29.8 Å². The predicted octanol–water partition coefficient (Wildman–Crippen LogP) is 3.85. The zero-order valence-electron chi connectivity index (χ0n) is 10.4. The molecule has 3 heteroatoms. The molecular weight excluding hydrogens is 302 g/mol. The van der Waals surface area contributed by atoms with Crippen molar-refractivity contribution >= 4 is 27.5 Å². The minimum atomic E-state index is -0.0451. The Balaban J connectivity index is 2.06. The Morgan fingerprint density at radius 1 is 1.00 bits per heavy atom. The van der Waals surface area contributed by atoms with Gasteiger partial charge in [0.2, 0.25) is 5.91 Å². The highest BCUT2D eigenvalue weighted by atomic mass is 79.9. The second-order valence-electron chi connectivity index (χ2n) is 4.63. The third-order valence-electron chi connectivity index (χ3n) is 3.42. The van der Waals surface area contributed by atoms with E-state index in [2.05, 4.69) is 34.1 Å².